The van der Waals surface area contributed by atoms with E-state index in [1.54, 1.807) is 12.1 Å². The van der Waals surface area contributed by atoms with Crippen molar-refractivity contribution in [3.05, 3.63) is 54.1 Å². The summed E-state index contributed by atoms with van der Waals surface area (Å²) in [4.78, 5) is 11.8. The molecule has 0 spiro atoms. The molecule has 0 radical (unpaired) electrons. The Kier molecular flexibility index (Phi) is 5.90. The molecule has 132 valence electrons. The van der Waals surface area contributed by atoms with Gasteiger partial charge in [-0.25, -0.2) is 0 Å². The first kappa shape index (κ1) is 17.3. The van der Waals surface area contributed by atoms with Crippen LogP contribution in [0.2, 0.25) is 0 Å². The molecule has 2 aromatic carbocycles. The van der Waals surface area contributed by atoms with E-state index in [1.807, 2.05) is 43.3 Å². The highest BCUT2D eigenvalue weighted by molar-refractivity contribution is 5.77. The zero-order valence-corrected chi connectivity index (χ0v) is 14.4. The molecule has 1 atom stereocenters. The second kappa shape index (κ2) is 8.53. The van der Waals surface area contributed by atoms with Crippen molar-refractivity contribution in [3.8, 4) is 17.2 Å². The van der Waals surface area contributed by atoms with Crippen LogP contribution in [0.1, 0.15) is 18.4 Å². The van der Waals surface area contributed by atoms with Gasteiger partial charge in [-0.05, 0) is 56.2 Å². The normalized spacial score (nSPS) is 16.4. The van der Waals surface area contributed by atoms with E-state index in [-0.39, 0.29) is 18.6 Å². The van der Waals surface area contributed by atoms with Gasteiger partial charge >= 0.3 is 0 Å². The molecule has 1 N–H and O–H groups in total. The minimum Gasteiger partial charge on any atom is -0.484 e. The number of ether oxygens (including phenoxy) is 3. The van der Waals surface area contributed by atoms with Gasteiger partial charge in [-0.15, -0.1) is 0 Å². The Morgan fingerprint density at radius 2 is 1.72 bits per heavy atom. The fraction of sp³-hybridized carbons (Fsp3) is 0.350. The van der Waals surface area contributed by atoms with Crippen molar-refractivity contribution < 1.29 is 19.0 Å². The van der Waals surface area contributed by atoms with E-state index in [4.69, 9.17) is 14.2 Å². The van der Waals surface area contributed by atoms with Crippen LogP contribution in [0.5, 0.6) is 17.2 Å². The molecule has 1 fully saturated rings. The quantitative estimate of drug-likeness (QED) is 0.838. The second-order valence-electron chi connectivity index (χ2n) is 6.11. The number of amides is 1. The minimum absolute atomic E-state index is 0.00904. The lowest BCUT2D eigenvalue weighted by Crippen LogP contribution is -2.35. The highest BCUT2D eigenvalue weighted by Crippen LogP contribution is 2.24. The number of aryl methyl sites for hydroxylation is 1. The van der Waals surface area contributed by atoms with Crippen LogP contribution in [0.4, 0.5) is 0 Å². The first-order valence-electron chi connectivity index (χ1n) is 8.55. The Morgan fingerprint density at radius 1 is 1.08 bits per heavy atom. The average Bonchev–Trinajstić information content (AvgIpc) is 3.15. The van der Waals surface area contributed by atoms with E-state index in [1.165, 1.54) is 5.56 Å². The SMILES string of the molecule is Cc1ccc(Oc2ccc(OCC(=O)NC[C@@H]3CCCO3)cc2)cc1. The molecule has 5 heteroatoms. The van der Waals surface area contributed by atoms with E-state index in [0.717, 1.165) is 30.9 Å². The van der Waals surface area contributed by atoms with Crippen LogP contribution in [0.15, 0.2) is 48.5 Å². The van der Waals surface area contributed by atoms with E-state index >= 15 is 0 Å². The maximum atomic E-state index is 11.8. The molecule has 1 heterocycles. The molecule has 3 rings (SSSR count). The first-order valence-corrected chi connectivity index (χ1v) is 8.55. The topological polar surface area (TPSA) is 56.8 Å². The van der Waals surface area contributed by atoms with Crippen LogP contribution in [-0.4, -0.2) is 31.8 Å². The predicted octanol–water partition coefficient (Wildman–Crippen LogP) is 3.46. The lowest BCUT2D eigenvalue weighted by molar-refractivity contribution is -0.123. The largest absolute Gasteiger partial charge is 0.484 e. The van der Waals surface area contributed by atoms with E-state index < -0.39 is 0 Å². The molecule has 0 aliphatic carbocycles. The third-order valence-corrected chi connectivity index (χ3v) is 4.00. The molecule has 1 amide bonds. The summed E-state index contributed by atoms with van der Waals surface area (Å²) in [5.74, 6) is 1.99. The molecule has 0 aromatic heterocycles. The molecule has 1 saturated heterocycles. The van der Waals surface area contributed by atoms with Gasteiger partial charge in [0.2, 0.25) is 0 Å². The maximum absolute atomic E-state index is 11.8. The van der Waals surface area contributed by atoms with Crippen LogP contribution in [0.3, 0.4) is 0 Å². The molecule has 0 saturated carbocycles. The zero-order valence-electron chi connectivity index (χ0n) is 14.4. The maximum Gasteiger partial charge on any atom is 0.258 e. The molecule has 0 unspecified atom stereocenters. The van der Waals surface area contributed by atoms with Gasteiger partial charge in [-0.1, -0.05) is 17.7 Å². The van der Waals surface area contributed by atoms with Gasteiger partial charge in [0.05, 0.1) is 6.10 Å². The van der Waals surface area contributed by atoms with Crippen LogP contribution in [-0.2, 0) is 9.53 Å². The van der Waals surface area contributed by atoms with Crippen LogP contribution in [0.25, 0.3) is 0 Å². The summed E-state index contributed by atoms with van der Waals surface area (Å²) in [7, 11) is 0. The molecular weight excluding hydrogens is 318 g/mol. The highest BCUT2D eigenvalue weighted by atomic mass is 16.5. The van der Waals surface area contributed by atoms with E-state index in [9.17, 15) is 4.79 Å². The molecule has 2 aromatic rings. The molecular formula is C20H23NO4. The van der Waals surface area contributed by atoms with Gasteiger partial charge in [0, 0.05) is 13.2 Å². The van der Waals surface area contributed by atoms with Crippen LogP contribution >= 0.6 is 0 Å². The number of rotatable bonds is 7. The minimum atomic E-state index is -0.143. The Morgan fingerprint density at radius 3 is 2.36 bits per heavy atom. The average molecular weight is 341 g/mol. The summed E-state index contributed by atoms with van der Waals surface area (Å²) in [5, 5.41) is 2.83. The number of nitrogens with one attached hydrogen (secondary N) is 1. The van der Waals surface area contributed by atoms with Gasteiger partial charge in [-0.3, -0.25) is 4.79 Å². The predicted molar refractivity (Wildman–Crippen MR) is 95.2 cm³/mol. The van der Waals surface area contributed by atoms with Gasteiger partial charge < -0.3 is 19.5 Å². The lowest BCUT2D eigenvalue weighted by atomic mass is 10.2. The van der Waals surface area contributed by atoms with Gasteiger partial charge in [0.15, 0.2) is 6.61 Å². The molecule has 5 nitrogen and oxygen atoms in total. The van der Waals surface area contributed by atoms with Gasteiger partial charge in [-0.2, -0.15) is 0 Å². The molecule has 25 heavy (non-hydrogen) atoms. The monoisotopic (exact) mass is 341 g/mol. The number of hydrogen-bond donors (Lipinski definition) is 1. The highest BCUT2D eigenvalue weighted by Gasteiger charge is 2.16. The van der Waals surface area contributed by atoms with Gasteiger partial charge in [0.1, 0.15) is 17.2 Å². The van der Waals surface area contributed by atoms with E-state index in [0.29, 0.717) is 12.3 Å². The Balaban J connectivity index is 1.42. The molecule has 1 aliphatic rings. The summed E-state index contributed by atoms with van der Waals surface area (Å²) in [6.07, 6.45) is 2.21. The fourth-order valence-electron chi connectivity index (χ4n) is 2.58. The Bertz CT molecular complexity index is 676. The van der Waals surface area contributed by atoms with E-state index in [2.05, 4.69) is 5.32 Å². The third-order valence-electron chi connectivity index (χ3n) is 4.00. The fourth-order valence-corrected chi connectivity index (χ4v) is 2.58. The molecule has 0 bridgehead atoms. The summed E-state index contributed by atoms with van der Waals surface area (Å²) in [6.45, 7) is 3.36. The van der Waals surface area contributed by atoms with Crippen molar-refractivity contribution >= 4 is 5.91 Å². The van der Waals surface area contributed by atoms with Crippen LogP contribution < -0.4 is 14.8 Å². The van der Waals surface area contributed by atoms with Crippen molar-refractivity contribution in [2.45, 2.75) is 25.9 Å². The number of hydrogen-bond acceptors (Lipinski definition) is 4. The van der Waals surface area contributed by atoms with Crippen molar-refractivity contribution in [1.29, 1.82) is 0 Å². The summed E-state index contributed by atoms with van der Waals surface area (Å²) < 4.78 is 16.7. The van der Waals surface area contributed by atoms with Crippen molar-refractivity contribution in [1.82, 2.24) is 5.32 Å². The van der Waals surface area contributed by atoms with Crippen LogP contribution in [0, 0.1) is 6.92 Å². The lowest BCUT2D eigenvalue weighted by Gasteiger charge is -2.11. The van der Waals surface area contributed by atoms with Gasteiger partial charge in [0.25, 0.3) is 5.91 Å². The molecule has 1 aliphatic heterocycles. The number of carbonyl (C=O) groups is 1. The smallest absolute Gasteiger partial charge is 0.258 e. The van der Waals surface area contributed by atoms with Crippen molar-refractivity contribution in [2.75, 3.05) is 19.8 Å². The zero-order chi connectivity index (χ0) is 17.5. The second-order valence-corrected chi connectivity index (χ2v) is 6.11. The standard InChI is InChI=1S/C20H23NO4/c1-15-4-6-17(7-5-15)25-18-10-8-16(9-11-18)24-14-20(22)21-13-19-3-2-12-23-19/h4-11,19H,2-3,12-14H2,1H3,(H,21,22)/t19-/m0/s1. The summed E-state index contributed by atoms with van der Waals surface area (Å²) in [5.41, 5.74) is 1.19. The Hall–Kier alpha value is -2.53. The Labute approximate surface area is 147 Å². The summed E-state index contributed by atoms with van der Waals surface area (Å²) >= 11 is 0. The number of benzene rings is 2. The third kappa shape index (κ3) is 5.50. The first-order chi connectivity index (χ1) is 12.2. The summed E-state index contributed by atoms with van der Waals surface area (Å²) in [6, 6.07) is 15.1. The number of carbonyl (C=O) groups excluding carboxylic acids is 1. The van der Waals surface area contributed by atoms with Crippen molar-refractivity contribution in [3.63, 3.8) is 0 Å². The van der Waals surface area contributed by atoms with Crippen molar-refractivity contribution in [2.24, 2.45) is 0 Å².